The van der Waals surface area contributed by atoms with Crippen molar-refractivity contribution in [2.24, 2.45) is 0 Å². The van der Waals surface area contributed by atoms with Crippen LogP contribution >= 0.6 is 23.2 Å². The zero-order valence-corrected chi connectivity index (χ0v) is 14.0. The maximum absolute atomic E-state index is 6.22. The molecule has 0 fully saturated rings. The van der Waals surface area contributed by atoms with E-state index in [4.69, 9.17) is 23.2 Å². The minimum absolute atomic E-state index is 0.0431. The molecule has 0 aliphatic carbocycles. The predicted octanol–water partition coefficient (Wildman–Crippen LogP) is 5.49. The summed E-state index contributed by atoms with van der Waals surface area (Å²) in [6.07, 6.45) is 2.12. The lowest BCUT2D eigenvalue weighted by Crippen LogP contribution is -2.39. The molecule has 112 valence electrons. The van der Waals surface area contributed by atoms with Crippen molar-refractivity contribution in [3.05, 3.63) is 69.7 Å². The standard InChI is InChI=1S/C18H21Cl2N/c1-18(2,12-11-14-7-4-3-5-8-14)21-13-15-9-6-10-16(19)17(15)20/h3-10,21H,11-13H2,1-2H3. The predicted molar refractivity (Wildman–Crippen MR) is 92.1 cm³/mol. The summed E-state index contributed by atoms with van der Waals surface area (Å²) in [6.45, 7) is 5.16. The zero-order chi connectivity index (χ0) is 15.3. The van der Waals surface area contributed by atoms with Gasteiger partial charge in [-0.05, 0) is 43.9 Å². The molecule has 1 nitrogen and oxygen atoms in total. The fourth-order valence-electron chi connectivity index (χ4n) is 2.21. The van der Waals surface area contributed by atoms with Gasteiger partial charge in [-0.1, -0.05) is 65.7 Å². The molecule has 3 heteroatoms. The van der Waals surface area contributed by atoms with Crippen molar-refractivity contribution in [2.75, 3.05) is 0 Å². The van der Waals surface area contributed by atoms with Crippen LogP contribution in [-0.4, -0.2) is 5.54 Å². The Bertz CT molecular complexity index is 579. The van der Waals surface area contributed by atoms with Crippen LogP contribution in [0.15, 0.2) is 48.5 Å². The van der Waals surface area contributed by atoms with Gasteiger partial charge in [-0.3, -0.25) is 0 Å². The van der Waals surface area contributed by atoms with Gasteiger partial charge in [0.15, 0.2) is 0 Å². The van der Waals surface area contributed by atoms with Crippen LogP contribution < -0.4 is 5.32 Å². The summed E-state index contributed by atoms with van der Waals surface area (Å²) in [7, 11) is 0. The average molecular weight is 322 g/mol. The van der Waals surface area contributed by atoms with Crippen LogP contribution in [0.4, 0.5) is 0 Å². The van der Waals surface area contributed by atoms with Crippen molar-refractivity contribution in [3.8, 4) is 0 Å². The Hall–Kier alpha value is -1.02. The van der Waals surface area contributed by atoms with Crippen molar-refractivity contribution < 1.29 is 0 Å². The number of halogens is 2. The molecule has 21 heavy (non-hydrogen) atoms. The van der Waals surface area contributed by atoms with Crippen molar-refractivity contribution in [3.63, 3.8) is 0 Å². The largest absolute Gasteiger partial charge is 0.308 e. The van der Waals surface area contributed by atoms with Gasteiger partial charge in [0.2, 0.25) is 0 Å². The van der Waals surface area contributed by atoms with Crippen molar-refractivity contribution in [1.29, 1.82) is 0 Å². The van der Waals surface area contributed by atoms with Gasteiger partial charge in [0.25, 0.3) is 0 Å². The lowest BCUT2D eigenvalue weighted by Gasteiger charge is -2.27. The van der Waals surface area contributed by atoms with E-state index in [-0.39, 0.29) is 5.54 Å². The van der Waals surface area contributed by atoms with Gasteiger partial charge in [0.1, 0.15) is 0 Å². The number of nitrogens with one attached hydrogen (secondary N) is 1. The monoisotopic (exact) mass is 321 g/mol. The van der Waals surface area contributed by atoms with E-state index in [9.17, 15) is 0 Å². The minimum atomic E-state index is 0.0431. The molecule has 0 heterocycles. The van der Waals surface area contributed by atoms with E-state index in [1.54, 1.807) is 0 Å². The summed E-state index contributed by atoms with van der Waals surface area (Å²) in [5.41, 5.74) is 2.45. The molecule has 0 bridgehead atoms. The smallest absolute Gasteiger partial charge is 0.0637 e. The fourth-order valence-corrected chi connectivity index (χ4v) is 2.60. The first-order valence-corrected chi connectivity index (χ1v) is 7.95. The molecule has 0 radical (unpaired) electrons. The van der Waals surface area contributed by atoms with Crippen LogP contribution in [-0.2, 0) is 13.0 Å². The Morgan fingerprint density at radius 2 is 1.67 bits per heavy atom. The van der Waals surface area contributed by atoms with E-state index in [1.807, 2.05) is 24.3 Å². The van der Waals surface area contributed by atoms with E-state index in [0.717, 1.165) is 24.9 Å². The number of aryl methyl sites for hydroxylation is 1. The molecule has 0 unspecified atom stereocenters. The maximum atomic E-state index is 6.22. The van der Waals surface area contributed by atoms with Crippen LogP contribution in [0.1, 0.15) is 31.4 Å². The van der Waals surface area contributed by atoms with Gasteiger partial charge in [-0.2, -0.15) is 0 Å². The second kappa shape index (κ2) is 7.31. The van der Waals surface area contributed by atoms with Crippen LogP contribution in [0.25, 0.3) is 0 Å². The third-order valence-corrected chi connectivity index (χ3v) is 4.53. The highest BCUT2D eigenvalue weighted by Crippen LogP contribution is 2.26. The summed E-state index contributed by atoms with van der Waals surface area (Å²) < 4.78 is 0. The third-order valence-electron chi connectivity index (χ3n) is 3.67. The van der Waals surface area contributed by atoms with Gasteiger partial charge in [-0.25, -0.2) is 0 Å². The molecule has 2 aromatic rings. The van der Waals surface area contributed by atoms with Crippen LogP contribution in [0, 0.1) is 0 Å². The van der Waals surface area contributed by atoms with E-state index in [0.29, 0.717) is 10.0 Å². The van der Waals surface area contributed by atoms with E-state index in [1.165, 1.54) is 5.56 Å². The first-order chi connectivity index (χ1) is 9.98. The summed E-state index contributed by atoms with van der Waals surface area (Å²) >= 11 is 12.3. The minimum Gasteiger partial charge on any atom is -0.308 e. The van der Waals surface area contributed by atoms with E-state index in [2.05, 4.69) is 43.4 Å². The summed E-state index contributed by atoms with van der Waals surface area (Å²) in [5.74, 6) is 0. The Labute approximate surface area is 137 Å². The number of rotatable bonds is 6. The number of hydrogen-bond acceptors (Lipinski definition) is 1. The fraction of sp³-hybridized carbons (Fsp3) is 0.333. The quantitative estimate of drug-likeness (QED) is 0.741. The van der Waals surface area contributed by atoms with Gasteiger partial charge >= 0.3 is 0 Å². The first-order valence-electron chi connectivity index (χ1n) is 7.20. The van der Waals surface area contributed by atoms with Gasteiger partial charge in [0, 0.05) is 12.1 Å². The Balaban J connectivity index is 1.90. The molecule has 2 rings (SSSR count). The highest BCUT2D eigenvalue weighted by atomic mass is 35.5. The zero-order valence-electron chi connectivity index (χ0n) is 12.5. The molecule has 0 atom stereocenters. The van der Waals surface area contributed by atoms with Crippen molar-refractivity contribution in [1.82, 2.24) is 5.32 Å². The molecular weight excluding hydrogens is 301 g/mol. The molecule has 1 N–H and O–H groups in total. The van der Waals surface area contributed by atoms with Gasteiger partial charge < -0.3 is 5.32 Å². The van der Waals surface area contributed by atoms with E-state index >= 15 is 0 Å². The second-order valence-electron chi connectivity index (χ2n) is 5.94. The third kappa shape index (κ3) is 5.03. The average Bonchev–Trinajstić information content (AvgIpc) is 2.48. The van der Waals surface area contributed by atoms with Crippen molar-refractivity contribution >= 4 is 23.2 Å². The molecule has 0 amide bonds. The lowest BCUT2D eigenvalue weighted by atomic mass is 9.95. The Morgan fingerprint density at radius 1 is 0.952 bits per heavy atom. The Morgan fingerprint density at radius 3 is 2.38 bits per heavy atom. The lowest BCUT2D eigenvalue weighted by molar-refractivity contribution is 0.360. The normalized spacial score (nSPS) is 11.6. The maximum Gasteiger partial charge on any atom is 0.0637 e. The Kier molecular flexibility index (Phi) is 5.69. The van der Waals surface area contributed by atoms with Gasteiger partial charge in [0.05, 0.1) is 10.0 Å². The molecular formula is C18H21Cl2N. The molecule has 0 saturated heterocycles. The molecule has 0 spiro atoms. The van der Waals surface area contributed by atoms with E-state index < -0.39 is 0 Å². The van der Waals surface area contributed by atoms with Crippen molar-refractivity contribution in [2.45, 2.75) is 38.8 Å². The number of hydrogen-bond donors (Lipinski definition) is 1. The first kappa shape index (κ1) is 16.4. The second-order valence-corrected chi connectivity index (χ2v) is 6.72. The van der Waals surface area contributed by atoms with Crippen LogP contribution in [0.2, 0.25) is 10.0 Å². The van der Waals surface area contributed by atoms with Crippen LogP contribution in [0.3, 0.4) is 0 Å². The molecule has 0 aliphatic rings. The summed E-state index contributed by atoms with van der Waals surface area (Å²) in [5, 5.41) is 4.82. The topological polar surface area (TPSA) is 12.0 Å². The molecule has 0 saturated carbocycles. The highest BCUT2D eigenvalue weighted by molar-refractivity contribution is 6.42. The SMILES string of the molecule is CC(C)(CCc1ccccc1)NCc1cccc(Cl)c1Cl. The van der Waals surface area contributed by atoms with Crippen LogP contribution in [0.5, 0.6) is 0 Å². The highest BCUT2D eigenvalue weighted by Gasteiger charge is 2.17. The number of benzene rings is 2. The van der Waals surface area contributed by atoms with Gasteiger partial charge in [-0.15, -0.1) is 0 Å². The molecule has 0 aromatic heterocycles. The molecule has 2 aromatic carbocycles. The molecule has 0 aliphatic heterocycles. The summed E-state index contributed by atoms with van der Waals surface area (Å²) in [4.78, 5) is 0. The summed E-state index contributed by atoms with van der Waals surface area (Å²) in [6, 6.07) is 16.3.